The molecule has 1 spiro atoms. The number of H-pyrrole nitrogens is 1. The Bertz CT molecular complexity index is 1030. The largest absolute Gasteiger partial charge is 0.365 e. The first-order chi connectivity index (χ1) is 14.5. The lowest BCUT2D eigenvalue weighted by molar-refractivity contribution is -0.135. The molecule has 5 rings (SSSR count). The Hall–Kier alpha value is -1.81. The van der Waals surface area contributed by atoms with E-state index in [0.717, 1.165) is 37.1 Å². The normalized spacial score (nSPS) is 27.5. The van der Waals surface area contributed by atoms with Crippen molar-refractivity contribution in [2.24, 2.45) is 5.92 Å². The smallest absolute Gasteiger partial charge is 0.108 e. The topological polar surface area (TPSA) is 28.3 Å². The van der Waals surface area contributed by atoms with Crippen molar-refractivity contribution in [3.63, 3.8) is 0 Å². The van der Waals surface area contributed by atoms with Crippen LogP contribution in [-0.4, -0.2) is 30.1 Å². The Balaban J connectivity index is 1.44. The number of benzene rings is 2. The number of hydrogen-bond acceptors (Lipinski definition) is 2. The summed E-state index contributed by atoms with van der Waals surface area (Å²) < 4.78 is 6.72. The minimum atomic E-state index is -0.167. The molecule has 2 atom stereocenters. The Morgan fingerprint density at radius 2 is 1.77 bits per heavy atom. The van der Waals surface area contributed by atoms with E-state index in [4.69, 9.17) is 16.3 Å². The van der Waals surface area contributed by atoms with E-state index < -0.39 is 0 Å². The first-order valence-electron chi connectivity index (χ1n) is 11.2. The Kier molecular flexibility index (Phi) is 5.17. The number of aromatic amines is 1. The first kappa shape index (κ1) is 20.1. The molecule has 2 unspecified atom stereocenters. The number of rotatable bonds is 3. The summed E-state index contributed by atoms with van der Waals surface area (Å²) in [5, 5.41) is 2.17. The van der Waals surface area contributed by atoms with Crippen LogP contribution in [0.5, 0.6) is 0 Å². The lowest BCUT2D eigenvalue weighted by Gasteiger charge is -2.47. The zero-order valence-corrected chi connectivity index (χ0v) is 18.9. The summed E-state index contributed by atoms with van der Waals surface area (Å²) in [6, 6.07) is 17.5. The molecule has 1 aliphatic carbocycles. The van der Waals surface area contributed by atoms with Gasteiger partial charge < -0.3 is 14.6 Å². The standard InChI is InChI=1S/C26H31ClN2O/c1-17-16-22-21-6-4-5-7-23(21)28-25(22)26(30-17)14-12-19(13-15-26)24(29(2)3)18-8-10-20(27)11-9-18/h4-11,17,19,24,28H,12-16H2,1-3H3. The summed E-state index contributed by atoms with van der Waals surface area (Å²) in [4.78, 5) is 6.12. The van der Waals surface area contributed by atoms with Crippen LogP contribution in [0.15, 0.2) is 48.5 Å². The highest BCUT2D eigenvalue weighted by Gasteiger charge is 2.46. The van der Waals surface area contributed by atoms with Crippen LogP contribution in [0.25, 0.3) is 10.9 Å². The van der Waals surface area contributed by atoms with Crippen molar-refractivity contribution < 1.29 is 4.74 Å². The van der Waals surface area contributed by atoms with Gasteiger partial charge in [0.2, 0.25) is 0 Å². The second-order valence-corrected chi connectivity index (χ2v) is 9.88. The molecule has 1 fully saturated rings. The third kappa shape index (κ3) is 3.37. The van der Waals surface area contributed by atoms with Crippen LogP contribution in [0, 0.1) is 5.92 Å². The molecule has 158 valence electrons. The summed E-state index contributed by atoms with van der Waals surface area (Å²) in [5.41, 5.74) is 5.25. The molecule has 2 aliphatic rings. The summed E-state index contributed by atoms with van der Waals surface area (Å²) in [7, 11) is 4.39. The number of nitrogens with zero attached hydrogens (tertiary/aromatic N) is 1. The van der Waals surface area contributed by atoms with Gasteiger partial charge in [-0.3, -0.25) is 0 Å². The Morgan fingerprint density at radius 1 is 1.07 bits per heavy atom. The number of ether oxygens (including phenoxy) is 1. The van der Waals surface area contributed by atoms with Crippen LogP contribution < -0.4 is 0 Å². The highest BCUT2D eigenvalue weighted by atomic mass is 35.5. The fourth-order valence-corrected chi connectivity index (χ4v) is 6.14. The minimum absolute atomic E-state index is 0.167. The molecular formula is C26H31ClN2O. The van der Waals surface area contributed by atoms with Gasteiger partial charge >= 0.3 is 0 Å². The van der Waals surface area contributed by atoms with Gasteiger partial charge in [0.15, 0.2) is 0 Å². The highest BCUT2D eigenvalue weighted by molar-refractivity contribution is 6.30. The molecule has 30 heavy (non-hydrogen) atoms. The summed E-state index contributed by atoms with van der Waals surface area (Å²) in [6.45, 7) is 2.23. The maximum absolute atomic E-state index is 6.72. The minimum Gasteiger partial charge on any atom is -0.365 e. The summed E-state index contributed by atoms with van der Waals surface area (Å²) in [5.74, 6) is 0.612. The summed E-state index contributed by atoms with van der Waals surface area (Å²) in [6.07, 6.45) is 5.71. The fraction of sp³-hybridized carbons (Fsp3) is 0.462. The van der Waals surface area contributed by atoms with Gasteiger partial charge in [-0.05, 0) is 81.9 Å². The zero-order valence-electron chi connectivity index (χ0n) is 18.1. The molecule has 2 aromatic carbocycles. The van der Waals surface area contributed by atoms with E-state index in [9.17, 15) is 0 Å². The number of fused-ring (bicyclic) bond motifs is 4. The third-order valence-electron chi connectivity index (χ3n) is 7.24. The van der Waals surface area contributed by atoms with Crippen molar-refractivity contribution in [3.8, 4) is 0 Å². The number of aromatic nitrogens is 1. The molecule has 3 aromatic rings. The van der Waals surface area contributed by atoms with Gasteiger partial charge in [0.25, 0.3) is 0 Å². The van der Waals surface area contributed by atoms with E-state index in [1.165, 1.54) is 27.7 Å². The molecule has 1 aliphatic heterocycles. The van der Waals surface area contributed by atoms with E-state index in [-0.39, 0.29) is 11.7 Å². The van der Waals surface area contributed by atoms with Crippen LogP contribution in [0.1, 0.15) is 55.5 Å². The molecular weight excluding hydrogens is 392 g/mol. The lowest BCUT2D eigenvalue weighted by atomic mass is 9.71. The average molecular weight is 423 g/mol. The third-order valence-corrected chi connectivity index (χ3v) is 7.49. The molecule has 4 heteroatoms. The molecule has 0 radical (unpaired) electrons. The number of para-hydroxylation sites is 1. The maximum Gasteiger partial charge on any atom is 0.108 e. The van der Waals surface area contributed by atoms with E-state index in [1.54, 1.807) is 0 Å². The maximum atomic E-state index is 6.72. The van der Waals surface area contributed by atoms with Gasteiger partial charge in [-0.25, -0.2) is 0 Å². The average Bonchev–Trinajstić information content (AvgIpc) is 3.10. The van der Waals surface area contributed by atoms with E-state index >= 15 is 0 Å². The van der Waals surface area contributed by atoms with Crippen LogP contribution in [0.4, 0.5) is 0 Å². The van der Waals surface area contributed by atoms with Crippen LogP contribution in [0.3, 0.4) is 0 Å². The van der Waals surface area contributed by atoms with E-state index in [1.807, 2.05) is 12.1 Å². The highest BCUT2D eigenvalue weighted by Crippen LogP contribution is 2.51. The van der Waals surface area contributed by atoms with Crippen LogP contribution >= 0.6 is 11.6 Å². The van der Waals surface area contributed by atoms with Crippen molar-refractivity contribution in [2.75, 3.05) is 14.1 Å². The van der Waals surface area contributed by atoms with Gasteiger partial charge in [0, 0.05) is 28.4 Å². The fourth-order valence-electron chi connectivity index (χ4n) is 6.02. The van der Waals surface area contributed by atoms with Crippen molar-refractivity contribution >= 4 is 22.5 Å². The second kappa shape index (κ2) is 7.71. The van der Waals surface area contributed by atoms with Gasteiger partial charge in [0.05, 0.1) is 11.8 Å². The monoisotopic (exact) mass is 422 g/mol. The van der Waals surface area contributed by atoms with Crippen molar-refractivity contribution in [2.45, 2.75) is 56.8 Å². The van der Waals surface area contributed by atoms with Gasteiger partial charge in [0.1, 0.15) is 5.60 Å². The van der Waals surface area contributed by atoms with Crippen molar-refractivity contribution in [1.29, 1.82) is 0 Å². The molecule has 0 amide bonds. The van der Waals surface area contributed by atoms with Gasteiger partial charge in [-0.15, -0.1) is 0 Å². The summed E-state index contributed by atoms with van der Waals surface area (Å²) >= 11 is 6.14. The molecule has 2 heterocycles. The Morgan fingerprint density at radius 3 is 2.47 bits per heavy atom. The Labute approximate surface area is 184 Å². The molecule has 1 aromatic heterocycles. The van der Waals surface area contributed by atoms with Gasteiger partial charge in [-0.2, -0.15) is 0 Å². The van der Waals surface area contributed by atoms with E-state index in [0.29, 0.717) is 12.0 Å². The molecule has 0 saturated heterocycles. The van der Waals surface area contributed by atoms with E-state index in [2.05, 4.69) is 67.3 Å². The van der Waals surface area contributed by atoms with Crippen molar-refractivity contribution in [1.82, 2.24) is 9.88 Å². The second-order valence-electron chi connectivity index (χ2n) is 9.45. The first-order valence-corrected chi connectivity index (χ1v) is 11.5. The predicted octanol–water partition coefficient (Wildman–Crippen LogP) is 6.47. The van der Waals surface area contributed by atoms with Gasteiger partial charge in [-0.1, -0.05) is 41.9 Å². The molecule has 3 nitrogen and oxygen atoms in total. The quantitative estimate of drug-likeness (QED) is 0.523. The van der Waals surface area contributed by atoms with Crippen molar-refractivity contribution in [3.05, 3.63) is 70.4 Å². The SMILES string of the molecule is CC1Cc2c([nH]c3ccccc23)C2(CCC(C(c3ccc(Cl)cc3)N(C)C)CC2)O1. The molecule has 1 saturated carbocycles. The molecule has 1 N–H and O–H groups in total. The molecule has 0 bridgehead atoms. The number of halogens is 1. The number of hydrogen-bond donors (Lipinski definition) is 1. The predicted molar refractivity (Wildman–Crippen MR) is 124 cm³/mol. The number of nitrogens with one attached hydrogen (secondary N) is 1. The lowest BCUT2D eigenvalue weighted by Crippen LogP contribution is -2.43. The zero-order chi connectivity index (χ0) is 20.9. The van der Waals surface area contributed by atoms with Crippen LogP contribution in [0.2, 0.25) is 5.02 Å². The van der Waals surface area contributed by atoms with Crippen LogP contribution in [-0.2, 0) is 16.8 Å².